The van der Waals surface area contributed by atoms with E-state index in [2.05, 4.69) is 26.1 Å². The quantitative estimate of drug-likeness (QED) is 0.557. The number of carboxylic acids is 1. The predicted octanol–water partition coefficient (Wildman–Crippen LogP) is 5.28. The molecule has 32 heavy (non-hydrogen) atoms. The van der Waals surface area contributed by atoms with E-state index in [1.165, 1.54) is 57.8 Å². The number of nitrogens with one attached hydrogen (secondary N) is 1. The van der Waals surface area contributed by atoms with Gasteiger partial charge in [-0.3, -0.25) is 9.59 Å². The molecule has 0 radical (unpaired) electrons. The average molecular weight is 448 g/mol. The third-order valence-electron chi connectivity index (χ3n) is 11.0. The zero-order valence-corrected chi connectivity index (χ0v) is 20.7. The summed E-state index contributed by atoms with van der Waals surface area (Å²) in [7, 11) is 1.93. The van der Waals surface area contributed by atoms with Gasteiger partial charge in [0.15, 0.2) is 0 Å². The van der Waals surface area contributed by atoms with Gasteiger partial charge in [-0.05, 0) is 97.7 Å². The third-order valence-corrected chi connectivity index (χ3v) is 11.0. The summed E-state index contributed by atoms with van der Waals surface area (Å²) in [4.78, 5) is 22.8. The molecule has 4 aliphatic rings. The molecule has 0 aromatic rings. The van der Waals surface area contributed by atoms with Crippen LogP contribution < -0.4 is 5.32 Å². The highest BCUT2D eigenvalue weighted by atomic mass is 16.5. The van der Waals surface area contributed by atoms with Crippen LogP contribution >= 0.6 is 0 Å². The second kappa shape index (κ2) is 9.27. The zero-order chi connectivity index (χ0) is 23.1. The van der Waals surface area contributed by atoms with Crippen molar-refractivity contribution in [3.8, 4) is 0 Å². The number of ether oxygens (including phenoxy) is 1. The Balaban J connectivity index is 1.48. The molecular formula is C27H45NO4. The standard InChI is InChI=1S/C27H45NO4/c1-17(8-13-24(29)28-16-25(30)31)20-11-12-21-19-10-9-18-7-5-6-14-26(18,2)22(19)15-23(32-4)27(20,21)3/h17-23H,5-16H2,1-4H3,(H,28,29)(H,30,31)/t17-,18+,19+,20-,21+,22+,23+,26+,27-/m1/s1. The normalized spacial score (nSPS) is 44.1. The van der Waals surface area contributed by atoms with Gasteiger partial charge in [0, 0.05) is 13.5 Å². The van der Waals surface area contributed by atoms with Gasteiger partial charge in [-0.15, -0.1) is 0 Å². The van der Waals surface area contributed by atoms with Crippen molar-refractivity contribution in [3.63, 3.8) is 0 Å². The fourth-order valence-corrected chi connectivity index (χ4v) is 9.37. The smallest absolute Gasteiger partial charge is 0.322 e. The molecule has 0 spiro atoms. The van der Waals surface area contributed by atoms with Crippen molar-refractivity contribution in [3.05, 3.63) is 0 Å². The molecule has 4 aliphatic carbocycles. The van der Waals surface area contributed by atoms with E-state index >= 15 is 0 Å². The van der Waals surface area contributed by atoms with E-state index in [-0.39, 0.29) is 17.9 Å². The zero-order valence-electron chi connectivity index (χ0n) is 20.7. The molecule has 1 amide bonds. The molecule has 4 fully saturated rings. The van der Waals surface area contributed by atoms with E-state index in [0.717, 1.165) is 30.1 Å². The Labute approximate surface area is 194 Å². The molecular weight excluding hydrogens is 402 g/mol. The number of amides is 1. The van der Waals surface area contributed by atoms with Crippen LogP contribution in [0.1, 0.15) is 91.4 Å². The van der Waals surface area contributed by atoms with Crippen molar-refractivity contribution in [1.29, 1.82) is 0 Å². The molecule has 4 saturated carbocycles. The minimum atomic E-state index is -0.987. The van der Waals surface area contributed by atoms with Crippen LogP contribution in [0.5, 0.6) is 0 Å². The highest BCUT2D eigenvalue weighted by Crippen LogP contribution is 2.68. The molecule has 0 unspecified atom stereocenters. The Kier molecular flexibility index (Phi) is 6.96. The van der Waals surface area contributed by atoms with Gasteiger partial charge in [0.1, 0.15) is 6.54 Å². The van der Waals surface area contributed by atoms with Crippen molar-refractivity contribution in [2.75, 3.05) is 13.7 Å². The molecule has 4 rings (SSSR count). The predicted molar refractivity (Wildman–Crippen MR) is 125 cm³/mol. The van der Waals surface area contributed by atoms with Crippen molar-refractivity contribution in [1.82, 2.24) is 5.32 Å². The van der Waals surface area contributed by atoms with Gasteiger partial charge in [-0.2, -0.15) is 0 Å². The van der Waals surface area contributed by atoms with Crippen molar-refractivity contribution in [2.24, 2.45) is 46.3 Å². The number of carbonyl (C=O) groups is 2. The molecule has 5 heteroatoms. The van der Waals surface area contributed by atoms with Gasteiger partial charge in [0.2, 0.25) is 5.91 Å². The number of carboxylic acid groups (broad SMARTS) is 1. The summed E-state index contributed by atoms with van der Waals surface area (Å²) >= 11 is 0. The number of hydrogen-bond acceptors (Lipinski definition) is 3. The maximum atomic E-state index is 12.1. The lowest BCUT2D eigenvalue weighted by molar-refractivity contribution is -0.177. The van der Waals surface area contributed by atoms with Crippen LogP contribution in [-0.4, -0.2) is 36.7 Å². The van der Waals surface area contributed by atoms with Gasteiger partial charge in [0.05, 0.1) is 6.10 Å². The number of rotatable bonds is 7. The molecule has 0 heterocycles. The summed E-state index contributed by atoms with van der Waals surface area (Å²) in [5.74, 6) is 3.17. The van der Waals surface area contributed by atoms with Crippen LogP contribution in [-0.2, 0) is 14.3 Å². The summed E-state index contributed by atoms with van der Waals surface area (Å²) in [5.41, 5.74) is 0.690. The van der Waals surface area contributed by atoms with Crippen molar-refractivity contribution in [2.45, 2.75) is 97.5 Å². The Bertz CT molecular complexity index is 710. The fraction of sp³-hybridized carbons (Fsp3) is 0.926. The lowest BCUT2D eigenvalue weighted by Gasteiger charge is -2.62. The Morgan fingerprint density at radius 2 is 1.88 bits per heavy atom. The first-order valence-electron chi connectivity index (χ1n) is 13.2. The second-order valence-electron chi connectivity index (χ2n) is 12.1. The molecule has 182 valence electrons. The first kappa shape index (κ1) is 24.0. The lowest BCUT2D eigenvalue weighted by Crippen LogP contribution is -2.58. The van der Waals surface area contributed by atoms with Gasteiger partial charge in [-0.25, -0.2) is 0 Å². The van der Waals surface area contributed by atoms with E-state index in [1.807, 2.05) is 7.11 Å². The van der Waals surface area contributed by atoms with Crippen LogP contribution in [0.2, 0.25) is 0 Å². The van der Waals surface area contributed by atoms with Crippen LogP contribution in [0.15, 0.2) is 0 Å². The minimum absolute atomic E-state index is 0.144. The number of hydrogen-bond donors (Lipinski definition) is 2. The van der Waals surface area contributed by atoms with Crippen LogP contribution in [0.3, 0.4) is 0 Å². The SMILES string of the molecule is CO[C@H]1C[C@H]2[C@@H](CC[C@@H]3CCCC[C@@]32C)[C@@H]2CC[C@H]([C@H](C)CCC(=O)NCC(=O)O)[C@@]12C. The molecule has 0 bridgehead atoms. The van der Waals surface area contributed by atoms with E-state index in [4.69, 9.17) is 9.84 Å². The topological polar surface area (TPSA) is 75.6 Å². The highest BCUT2D eigenvalue weighted by Gasteiger charge is 2.63. The van der Waals surface area contributed by atoms with Gasteiger partial charge < -0.3 is 15.2 Å². The van der Waals surface area contributed by atoms with Crippen LogP contribution in [0, 0.1) is 46.3 Å². The van der Waals surface area contributed by atoms with Gasteiger partial charge in [-0.1, -0.05) is 33.6 Å². The maximum absolute atomic E-state index is 12.1. The average Bonchev–Trinajstić information content (AvgIpc) is 3.13. The first-order valence-corrected chi connectivity index (χ1v) is 13.2. The molecule has 0 aromatic heterocycles. The number of fused-ring (bicyclic) bond motifs is 5. The summed E-state index contributed by atoms with van der Waals surface area (Å²) < 4.78 is 6.31. The summed E-state index contributed by atoms with van der Waals surface area (Å²) in [5, 5.41) is 11.3. The van der Waals surface area contributed by atoms with Crippen molar-refractivity contribution < 1.29 is 19.4 Å². The Hall–Kier alpha value is -1.10. The van der Waals surface area contributed by atoms with Gasteiger partial charge in [0.25, 0.3) is 0 Å². The van der Waals surface area contributed by atoms with Crippen molar-refractivity contribution >= 4 is 11.9 Å². The van der Waals surface area contributed by atoms with Crippen LogP contribution in [0.25, 0.3) is 0 Å². The first-order chi connectivity index (χ1) is 15.2. The summed E-state index contributed by atoms with van der Waals surface area (Å²) in [6.45, 7) is 7.15. The number of carbonyl (C=O) groups excluding carboxylic acids is 1. The number of methoxy groups -OCH3 is 1. The van der Waals surface area contributed by atoms with E-state index in [0.29, 0.717) is 29.8 Å². The fourth-order valence-electron chi connectivity index (χ4n) is 9.37. The van der Waals surface area contributed by atoms with Gasteiger partial charge >= 0.3 is 5.97 Å². The van der Waals surface area contributed by atoms with Crippen LogP contribution in [0.4, 0.5) is 0 Å². The molecule has 0 saturated heterocycles. The largest absolute Gasteiger partial charge is 0.480 e. The maximum Gasteiger partial charge on any atom is 0.322 e. The van der Waals surface area contributed by atoms with E-state index < -0.39 is 5.97 Å². The molecule has 2 N–H and O–H groups in total. The molecule has 5 nitrogen and oxygen atoms in total. The monoisotopic (exact) mass is 447 g/mol. The molecule has 0 aliphatic heterocycles. The van der Waals surface area contributed by atoms with E-state index in [9.17, 15) is 9.59 Å². The number of aliphatic carboxylic acids is 1. The highest BCUT2D eigenvalue weighted by molar-refractivity contribution is 5.81. The Morgan fingerprint density at radius 1 is 1.09 bits per heavy atom. The van der Waals surface area contributed by atoms with E-state index in [1.54, 1.807) is 0 Å². The minimum Gasteiger partial charge on any atom is -0.480 e. The summed E-state index contributed by atoms with van der Waals surface area (Å²) in [6, 6.07) is 0. The molecule has 9 atom stereocenters. The molecule has 0 aromatic carbocycles. The Morgan fingerprint density at radius 3 is 2.59 bits per heavy atom. The summed E-state index contributed by atoms with van der Waals surface area (Å²) in [6.07, 6.45) is 13.8. The third kappa shape index (κ3) is 4.01. The lowest BCUT2D eigenvalue weighted by atomic mass is 9.44. The second-order valence-corrected chi connectivity index (χ2v) is 12.1.